The van der Waals surface area contributed by atoms with Gasteiger partial charge in [-0.05, 0) is 17.9 Å². The summed E-state index contributed by atoms with van der Waals surface area (Å²) in [4.78, 5) is 44.9. The van der Waals surface area contributed by atoms with Crippen LogP contribution in [-0.4, -0.2) is 48.3 Å². The number of carbonyl (C=O) groups is 1. The molecule has 1 fully saturated rings. The zero-order valence-electron chi connectivity index (χ0n) is 15.7. The number of rotatable bonds is 3. The van der Waals surface area contributed by atoms with Crippen molar-refractivity contribution < 1.29 is 4.79 Å². The number of aryl methyl sites for hydroxylation is 1. The van der Waals surface area contributed by atoms with Gasteiger partial charge in [-0.3, -0.25) is 18.7 Å². The first-order chi connectivity index (χ1) is 13.5. The van der Waals surface area contributed by atoms with Crippen LogP contribution in [0.3, 0.4) is 0 Å². The van der Waals surface area contributed by atoms with Crippen molar-refractivity contribution in [1.82, 2.24) is 23.6 Å². The maximum atomic E-state index is 12.9. The standard InChI is InChI=1S/C18H21N5O3S2/c1-20-16-15(17(25)21(2)18(20)26)23(11-19-16)10-14(24)22-6-5-13(28-9-7-22)12-4-3-8-27-12/h3-4,8,11,13H,5-7,9-10H2,1-2H3/t13-/m0/s1. The van der Waals surface area contributed by atoms with Crippen LogP contribution < -0.4 is 11.2 Å². The third-order valence-electron chi connectivity index (χ3n) is 5.08. The van der Waals surface area contributed by atoms with Crippen molar-refractivity contribution in [3.63, 3.8) is 0 Å². The molecule has 0 N–H and O–H groups in total. The molecule has 0 saturated carbocycles. The molecule has 1 saturated heterocycles. The van der Waals surface area contributed by atoms with Crippen molar-refractivity contribution in [2.24, 2.45) is 14.1 Å². The van der Waals surface area contributed by atoms with Crippen molar-refractivity contribution in [3.05, 3.63) is 49.6 Å². The van der Waals surface area contributed by atoms with Gasteiger partial charge in [0.1, 0.15) is 6.54 Å². The molecule has 3 aromatic heterocycles. The van der Waals surface area contributed by atoms with Crippen molar-refractivity contribution in [3.8, 4) is 0 Å². The highest BCUT2D eigenvalue weighted by Gasteiger charge is 2.24. The summed E-state index contributed by atoms with van der Waals surface area (Å²) in [7, 11) is 3.00. The topological polar surface area (TPSA) is 82.1 Å². The summed E-state index contributed by atoms with van der Waals surface area (Å²) >= 11 is 3.64. The molecule has 3 aromatic rings. The molecule has 4 rings (SSSR count). The van der Waals surface area contributed by atoms with Crippen LogP contribution in [0.25, 0.3) is 11.2 Å². The van der Waals surface area contributed by atoms with Crippen molar-refractivity contribution >= 4 is 40.2 Å². The lowest BCUT2D eigenvalue weighted by Gasteiger charge is -2.20. The number of carbonyl (C=O) groups excluding carboxylic acids is 1. The molecule has 0 bridgehead atoms. The van der Waals surface area contributed by atoms with Crippen molar-refractivity contribution in [2.75, 3.05) is 18.8 Å². The number of imidazole rings is 1. The molecule has 1 atom stereocenters. The zero-order chi connectivity index (χ0) is 19.8. The number of aromatic nitrogens is 4. The van der Waals surface area contributed by atoms with Gasteiger partial charge in [-0.25, -0.2) is 9.78 Å². The highest BCUT2D eigenvalue weighted by molar-refractivity contribution is 7.99. The van der Waals surface area contributed by atoms with Crippen LogP contribution in [0, 0.1) is 0 Å². The minimum atomic E-state index is -0.437. The fraction of sp³-hybridized carbons (Fsp3) is 0.444. The Kier molecular flexibility index (Phi) is 5.15. The minimum Gasteiger partial charge on any atom is -0.340 e. The fourth-order valence-corrected chi connectivity index (χ4v) is 5.72. The summed E-state index contributed by atoms with van der Waals surface area (Å²) in [5, 5.41) is 2.51. The molecule has 0 unspecified atom stereocenters. The first-order valence-corrected chi connectivity index (χ1v) is 10.9. The fourth-order valence-electron chi connectivity index (χ4n) is 3.48. The Balaban J connectivity index is 1.54. The summed E-state index contributed by atoms with van der Waals surface area (Å²) in [6, 6.07) is 4.21. The van der Waals surface area contributed by atoms with E-state index in [1.165, 1.54) is 22.8 Å². The van der Waals surface area contributed by atoms with Crippen LogP contribution in [0.4, 0.5) is 0 Å². The Morgan fingerprint density at radius 3 is 2.82 bits per heavy atom. The summed E-state index contributed by atoms with van der Waals surface area (Å²) in [6.45, 7) is 1.42. The number of hydrogen-bond acceptors (Lipinski definition) is 6. The van der Waals surface area contributed by atoms with E-state index in [0.29, 0.717) is 24.0 Å². The Bertz CT molecular complexity index is 1130. The van der Waals surface area contributed by atoms with Crippen molar-refractivity contribution in [1.29, 1.82) is 0 Å². The lowest BCUT2D eigenvalue weighted by atomic mass is 10.2. The van der Waals surface area contributed by atoms with Gasteiger partial charge in [0.15, 0.2) is 11.2 Å². The molecular formula is C18H21N5O3S2. The predicted molar refractivity (Wildman–Crippen MR) is 111 cm³/mol. The van der Waals surface area contributed by atoms with Crippen LogP contribution in [0.1, 0.15) is 16.5 Å². The van der Waals surface area contributed by atoms with E-state index in [4.69, 9.17) is 0 Å². The molecule has 148 valence electrons. The van der Waals surface area contributed by atoms with Gasteiger partial charge < -0.3 is 9.47 Å². The third kappa shape index (κ3) is 3.30. The SMILES string of the molecule is Cn1c(=O)c2c(ncn2CC(=O)N2CCS[C@H](c3cccs3)CC2)n(C)c1=O. The van der Waals surface area contributed by atoms with Gasteiger partial charge >= 0.3 is 5.69 Å². The Labute approximate surface area is 169 Å². The van der Waals surface area contributed by atoms with Gasteiger partial charge in [-0.15, -0.1) is 11.3 Å². The number of hydrogen-bond donors (Lipinski definition) is 0. The second-order valence-electron chi connectivity index (χ2n) is 6.79. The third-order valence-corrected chi connectivity index (χ3v) is 7.52. The van der Waals surface area contributed by atoms with Crippen LogP contribution in [0.15, 0.2) is 33.4 Å². The Morgan fingerprint density at radius 1 is 1.25 bits per heavy atom. The minimum absolute atomic E-state index is 0.0392. The molecule has 1 aliphatic heterocycles. The first kappa shape index (κ1) is 19.0. The number of thiophene rings is 1. The predicted octanol–water partition coefficient (Wildman–Crippen LogP) is 1.20. The molecule has 0 aromatic carbocycles. The van der Waals surface area contributed by atoms with E-state index in [0.717, 1.165) is 16.7 Å². The second-order valence-corrected chi connectivity index (χ2v) is 9.08. The largest absolute Gasteiger partial charge is 0.340 e. The van der Waals surface area contributed by atoms with Gasteiger partial charge in [-0.1, -0.05) is 6.07 Å². The average Bonchev–Trinajstić information content (AvgIpc) is 3.30. The average molecular weight is 420 g/mol. The molecule has 28 heavy (non-hydrogen) atoms. The second kappa shape index (κ2) is 7.59. The molecule has 1 aliphatic rings. The van der Waals surface area contributed by atoms with Gasteiger partial charge in [0.25, 0.3) is 5.56 Å². The highest BCUT2D eigenvalue weighted by atomic mass is 32.2. The highest BCUT2D eigenvalue weighted by Crippen LogP contribution is 2.36. The smallest absolute Gasteiger partial charge is 0.332 e. The maximum absolute atomic E-state index is 12.9. The summed E-state index contributed by atoms with van der Waals surface area (Å²) in [6.07, 6.45) is 2.38. The van der Waals surface area contributed by atoms with Crippen LogP contribution >= 0.6 is 23.1 Å². The Hall–Kier alpha value is -2.33. The number of nitrogens with zero attached hydrogens (tertiary/aromatic N) is 5. The van der Waals surface area contributed by atoms with Gasteiger partial charge in [0.05, 0.1) is 6.33 Å². The van der Waals surface area contributed by atoms with Crippen LogP contribution in [0.5, 0.6) is 0 Å². The van der Waals surface area contributed by atoms with Gasteiger partial charge in [-0.2, -0.15) is 11.8 Å². The van der Waals surface area contributed by atoms with Gasteiger partial charge in [0.2, 0.25) is 5.91 Å². The van der Waals surface area contributed by atoms with Gasteiger partial charge in [0, 0.05) is 43.1 Å². The molecule has 0 spiro atoms. The van der Waals surface area contributed by atoms with E-state index in [9.17, 15) is 14.4 Å². The van der Waals surface area contributed by atoms with E-state index >= 15 is 0 Å². The summed E-state index contributed by atoms with van der Waals surface area (Å²) in [5.41, 5.74) is -0.297. The van der Waals surface area contributed by atoms with E-state index in [2.05, 4.69) is 22.5 Å². The quantitative estimate of drug-likeness (QED) is 0.637. The Morgan fingerprint density at radius 2 is 2.07 bits per heavy atom. The normalized spacial score (nSPS) is 17.8. The van der Waals surface area contributed by atoms with E-state index < -0.39 is 11.2 Å². The summed E-state index contributed by atoms with van der Waals surface area (Å²) in [5.74, 6) is 0.845. The monoisotopic (exact) mass is 419 g/mol. The molecule has 8 nitrogen and oxygen atoms in total. The van der Waals surface area contributed by atoms with Crippen molar-refractivity contribution in [2.45, 2.75) is 18.2 Å². The number of fused-ring (bicyclic) bond motifs is 1. The summed E-state index contributed by atoms with van der Waals surface area (Å²) < 4.78 is 3.92. The molecular weight excluding hydrogens is 398 g/mol. The number of thioether (sulfide) groups is 1. The van der Waals surface area contributed by atoms with Crippen LogP contribution in [-0.2, 0) is 25.4 Å². The maximum Gasteiger partial charge on any atom is 0.332 e. The van der Waals surface area contributed by atoms with E-state index in [1.54, 1.807) is 23.0 Å². The molecule has 1 amide bonds. The van der Waals surface area contributed by atoms with E-state index in [1.807, 2.05) is 16.7 Å². The lowest BCUT2D eigenvalue weighted by Crippen LogP contribution is -2.39. The van der Waals surface area contributed by atoms with E-state index in [-0.39, 0.29) is 18.0 Å². The number of amides is 1. The molecule has 0 aliphatic carbocycles. The lowest BCUT2D eigenvalue weighted by molar-refractivity contribution is -0.131. The molecule has 10 heteroatoms. The zero-order valence-corrected chi connectivity index (χ0v) is 17.3. The first-order valence-electron chi connectivity index (χ1n) is 9.01. The molecule has 0 radical (unpaired) electrons. The molecule has 4 heterocycles. The van der Waals surface area contributed by atoms with Crippen LogP contribution in [0.2, 0.25) is 0 Å².